The van der Waals surface area contributed by atoms with Crippen molar-refractivity contribution in [3.05, 3.63) is 35.1 Å². The first-order valence-corrected chi connectivity index (χ1v) is 12.9. The second-order valence-corrected chi connectivity index (χ2v) is 12.2. The van der Waals surface area contributed by atoms with E-state index < -0.39 is 51.2 Å². The van der Waals surface area contributed by atoms with E-state index in [-0.39, 0.29) is 18.9 Å². The van der Waals surface area contributed by atoms with Gasteiger partial charge in [-0.15, -0.1) is 4.72 Å². The van der Waals surface area contributed by atoms with Gasteiger partial charge >= 0.3 is 6.03 Å². The Balaban J connectivity index is 1.60. The monoisotopic (exact) mass is 493 g/mol. The summed E-state index contributed by atoms with van der Waals surface area (Å²) in [4.78, 5) is 39.6. The van der Waals surface area contributed by atoms with Crippen LogP contribution in [0.5, 0.6) is 0 Å². The number of imide groups is 2. The molecule has 0 saturated carbocycles. The van der Waals surface area contributed by atoms with Gasteiger partial charge in [0.25, 0.3) is 0 Å². The zero-order chi connectivity index (χ0) is 24.7. The topological polar surface area (TPSA) is 111 Å². The molecule has 2 N–H and O–H groups in total. The highest BCUT2D eigenvalue weighted by atomic mass is 32.2. The minimum atomic E-state index is -1.50. The van der Waals surface area contributed by atoms with Crippen LogP contribution in [0.1, 0.15) is 64.0 Å². The van der Waals surface area contributed by atoms with Crippen LogP contribution < -0.4 is 10.0 Å². The fraction of sp³-hybridized carbons (Fsp3) is 0.625. The third-order valence-corrected chi connectivity index (χ3v) is 8.65. The molecule has 4 amide bonds. The summed E-state index contributed by atoms with van der Waals surface area (Å²) >= 11 is -1.50. The Bertz CT molecular complexity index is 978. The number of carbonyl (C=O) groups is 3. The summed E-state index contributed by atoms with van der Waals surface area (Å²) in [6.45, 7) is 6.38. The zero-order valence-electron chi connectivity index (χ0n) is 19.8. The fourth-order valence-corrected chi connectivity index (χ4v) is 6.05. The number of benzene rings is 1. The lowest BCUT2D eigenvalue weighted by molar-refractivity contribution is -0.145. The maximum Gasteiger partial charge on any atom is 0.331 e. The summed E-state index contributed by atoms with van der Waals surface area (Å²) < 4.78 is 36.1. The molecular weight excluding hydrogens is 461 g/mol. The third-order valence-electron chi connectivity index (χ3n) is 6.96. The number of rotatable bonds is 6. The molecule has 34 heavy (non-hydrogen) atoms. The lowest BCUT2D eigenvalue weighted by atomic mass is 9.83. The molecule has 186 valence electrons. The van der Waals surface area contributed by atoms with E-state index in [2.05, 4.69) is 10.0 Å². The molecule has 3 atom stereocenters. The average molecular weight is 494 g/mol. The smallest absolute Gasteiger partial charge is 0.331 e. The van der Waals surface area contributed by atoms with Crippen molar-refractivity contribution in [1.29, 1.82) is 0 Å². The molecular formula is C24H32FN3O5S. The van der Waals surface area contributed by atoms with E-state index in [1.54, 1.807) is 6.07 Å². The van der Waals surface area contributed by atoms with E-state index in [4.69, 9.17) is 4.74 Å². The minimum absolute atomic E-state index is 0.0970. The Kier molecular flexibility index (Phi) is 7.06. The Morgan fingerprint density at radius 3 is 2.65 bits per heavy atom. The summed E-state index contributed by atoms with van der Waals surface area (Å²) in [7, 11) is 0. The summed E-state index contributed by atoms with van der Waals surface area (Å²) in [5.74, 6) is -2.64. The summed E-state index contributed by atoms with van der Waals surface area (Å²) in [6.07, 6.45) is 2.46. The number of hydrogen-bond donors (Lipinski definition) is 2. The number of urea groups is 1. The van der Waals surface area contributed by atoms with E-state index in [0.717, 1.165) is 10.5 Å². The predicted octanol–water partition coefficient (Wildman–Crippen LogP) is 2.67. The van der Waals surface area contributed by atoms with Crippen LogP contribution in [0.25, 0.3) is 0 Å². The van der Waals surface area contributed by atoms with Crippen molar-refractivity contribution in [2.45, 2.75) is 75.6 Å². The van der Waals surface area contributed by atoms with Crippen molar-refractivity contribution in [3.63, 3.8) is 0 Å². The number of amides is 4. The molecule has 0 radical (unpaired) electrons. The SMILES string of the molecule is CC(C)(C)[S+]([O-])N[C@]1(CCC2C(=O)NC(=O)N(C3CCOCC3)C2=O)CCc2cccc(F)c21. The number of nitrogens with zero attached hydrogens (tertiary/aromatic N) is 1. The number of nitrogens with one attached hydrogen (secondary N) is 2. The normalized spacial score (nSPS) is 27.0. The van der Waals surface area contributed by atoms with Crippen LogP contribution in [0, 0.1) is 11.7 Å². The molecule has 1 aromatic carbocycles. The molecule has 0 bridgehead atoms. The summed E-state index contributed by atoms with van der Waals surface area (Å²) in [5, 5.41) is 2.32. The molecule has 2 fully saturated rings. The third kappa shape index (κ3) is 4.73. The van der Waals surface area contributed by atoms with Gasteiger partial charge in [-0.2, -0.15) is 0 Å². The number of barbiturate groups is 1. The standard InChI is InChI=1S/C24H32FN3O5S/c1-23(2,3)34(32)27-24(11-7-15-5-4-6-18(25)19(15)24)12-8-17-20(29)26-22(31)28(21(17)30)16-9-13-33-14-10-16/h4-6,16-17,27H,7-14H2,1-3H3,(H,26,29,31)/t17?,24-,34?/m0/s1. The van der Waals surface area contributed by atoms with Crippen LogP contribution in [0.15, 0.2) is 18.2 Å². The van der Waals surface area contributed by atoms with Crippen LogP contribution in [-0.2, 0) is 37.6 Å². The Morgan fingerprint density at radius 2 is 1.97 bits per heavy atom. The van der Waals surface area contributed by atoms with Gasteiger partial charge in [0.2, 0.25) is 11.8 Å². The van der Waals surface area contributed by atoms with Crippen molar-refractivity contribution >= 4 is 29.2 Å². The molecule has 2 unspecified atom stereocenters. The molecule has 3 aliphatic rings. The van der Waals surface area contributed by atoms with Crippen molar-refractivity contribution in [2.24, 2.45) is 5.92 Å². The average Bonchev–Trinajstić information content (AvgIpc) is 3.13. The van der Waals surface area contributed by atoms with Gasteiger partial charge in [-0.25, -0.2) is 9.18 Å². The number of ether oxygens (including phenoxy) is 1. The molecule has 8 nitrogen and oxygen atoms in total. The quantitative estimate of drug-likeness (QED) is 0.466. The maximum absolute atomic E-state index is 15.1. The van der Waals surface area contributed by atoms with E-state index in [1.807, 2.05) is 26.8 Å². The highest BCUT2D eigenvalue weighted by Crippen LogP contribution is 2.44. The summed E-state index contributed by atoms with van der Waals surface area (Å²) in [6, 6.07) is 3.87. The molecule has 2 saturated heterocycles. The molecule has 4 rings (SSSR count). The first-order chi connectivity index (χ1) is 16.0. The van der Waals surface area contributed by atoms with Gasteiger partial charge in [-0.3, -0.25) is 19.8 Å². The van der Waals surface area contributed by atoms with Crippen LogP contribution in [-0.4, -0.2) is 51.3 Å². The number of fused-ring (bicyclic) bond motifs is 1. The second kappa shape index (κ2) is 9.56. The van der Waals surface area contributed by atoms with Crippen molar-refractivity contribution in [2.75, 3.05) is 13.2 Å². The van der Waals surface area contributed by atoms with E-state index in [9.17, 15) is 18.9 Å². The molecule has 10 heteroatoms. The Labute approximate surface area is 202 Å². The lowest BCUT2D eigenvalue weighted by Gasteiger charge is -2.39. The van der Waals surface area contributed by atoms with Gasteiger partial charge in [0, 0.05) is 36.2 Å². The van der Waals surface area contributed by atoms with Gasteiger partial charge in [-0.05, 0) is 70.9 Å². The predicted molar refractivity (Wildman–Crippen MR) is 124 cm³/mol. The molecule has 2 aliphatic heterocycles. The molecule has 0 aromatic heterocycles. The van der Waals surface area contributed by atoms with Gasteiger partial charge < -0.3 is 9.29 Å². The van der Waals surface area contributed by atoms with Gasteiger partial charge in [0.15, 0.2) is 0 Å². The number of aryl methyl sites for hydroxylation is 1. The van der Waals surface area contributed by atoms with E-state index in [0.29, 0.717) is 44.5 Å². The van der Waals surface area contributed by atoms with Gasteiger partial charge in [0.1, 0.15) is 16.5 Å². The first kappa shape index (κ1) is 25.1. The van der Waals surface area contributed by atoms with Crippen LogP contribution in [0.3, 0.4) is 0 Å². The van der Waals surface area contributed by atoms with Crippen molar-refractivity contribution < 1.29 is 28.1 Å². The maximum atomic E-state index is 15.1. The van der Waals surface area contributed by atoms with Crippen LogP contribution in [0.2, 0.25) is 0 Å². The first-order valence-electron chi connectivity index (χ1n) is 11.8. The Morgan fingerprint density at radius 1 is 1.26 bits per heavy atom. The molecule has 0 spiro atoms. The lowest BCUT2D eigenvalue weighted by Crippen LogP contribution is -2.62. The Hall–Kier alpha value is -2.01. The van der Waals surface area contributed by atoms with Crippen LogP contribution >= 0.6 is 0 Å². The number of carbonyl (C=O) groups excluding carboxylic acids is 3. The molecule has 1 aliphatic carbocycles. The zero-order valence-corrected chi connectivity index (χ0v) is 20.6. The molecule has 1 aromatic rings. The fourth-order valence-electron chi connectivity index (χ4n) is 5.09. The minimum Gasteiger partial charge on any atom is -0.598 e. The largest absolute Gasteiger partial charge is 0.598 e. The second-order valence-electron chi connectivity index (χ2n) is 10.3. The number of halogens is 1. The van der Waals surface area contributed by atoms with Gasteiger partial charge in [0.05, 0.1) is 5.54 Å². The van der Waals surface area contributed by atoms with Crippen molar-refractivity contribution in [1.82, 2.24) is 14.9 Å². The highest BCUT2D eigenvalue weighted by molar-refractivity contribution is 7.90. The summed E-state index contributed by atoms with van der Waals surface area (Å²) in [5.41, 5.74) is 0.301. The van der Waals surface area contributed by atoms with Gasteiger partial charge in [-0.1, -0.05) is 12.1 Å². The van der Waals surface area contributed by atoms with E-state index >= 15 is 4.39 Å². The van der Waals surface area contributed by atoms with Crippen molar-refractivity contribution in [3.8, 4) is 0 Å². The number of hydrogen-bond acceptors (Lipinski definition) is 6. The van der Waals surface area contributed by atoms with Crippen LogP contribution in [0.4, 0.5) is 9.18 Å². The molecule has 2 heterocycles. The van der Waals surface area contributed by atoms with E-state index in [1.165, 1.54) is 6.07 Å². The highest BCUT2D eigenvalue weighted by Gasteiger charge is 2.49.